The van der Waals surface area contributed by atoms with Crippen LogP contribution in [0, 0.1) is 10.1 Å². The number of amides is 1. The zero-order valence-corrected chi connectivity index (χ0v) is 19.7. The molecule has 0 aromatic heterocycles. The number of carbonyl (C=O) groups is 2. The maximum absolute atomic E-state index is 12.5. The quantitative estimate of drug-likeness (QED) is 0.329. The van der Waals surface area contributed by atoms with Gasteiger partial charge >= 0.3 is 5.97 Å². The van der Waals surface area contributed by atoms with Gasteiger partial charge in [-0.05, 0) is 42.9 Å². The molecule has 1 heterocycles. The summed E-state index contributed by atoms with van der Waals surface area (Å²) >= 11 is 11.3. The van der Waals surface area contributed by atoms with Crippen molar-refractivity contribution in [3.63, 3.8) is 0 Å². The van der Waals surface area contributed by atoms with E-state index in [2.05, 4.69) is 5.32 Å². The van der Waals surface area contributed by atoms with Crippen LogP contribution < -0.4 is 10.1 Å². The number of hydrogen-bond donors (Lipinski definition) is 2. The van der Waals surface area contributed by atoms with Gasteiger partial charge in [0.05, 0.1) is 34.8 Å². The summed E-state index contributed by atoms with van der Waals surface area (Å²) in [5.74, 6) is -1.49. The molecule has 12 heteroatoms. The molecule has 1 aliphatic heterocycles. The van der Waals surface area contributed by atoms with Crippen molar-refractivity contribution in [2.24, 2.45) is 0 Å². The van der Waals surface area contributed by atoms with Gasteiger partial charge in [0.15, 0.2) is 0 Å². The highest BCUT2D eigenvalue weighted by Crippen LogP contribution is 2.23. The number of non-ortho nitro benzene ring substituents is 1. The standard InChI is InChI=1S/C22H22ClN3O7S/c1-13-12-32-9-8-25(13)22(34)33-16-5-2-14(3-6-16)10-19(21(28)29)24-20(27)17-7-4-15(26(30)31)11-18(17)23/h2-7,11,13,19H,8-10,12H2,1H3,(H,24,27)(H,28,29)/t13?,19-/m0/s1. The van der Waals surface area contributed by atoms with Crippen LogP contribution in [0.15, 0.2) is 42.5 Å². The Morgan fingerprint density at radius 1 is 1.35 bits per heavy atom. The van der Waals surface area contributed by atoms with Gasteiger partial charge in [-0.1, -0.05) is 23.7 Å². The van der Waals surface area contributed by atoms with Crippen molar-refractivity contribution in [3.8, 4) is 5.75 Å². The minimum atomic E-state index is -1.25. The number of nitro benzene ring substituents is 1. The maximum Gasteiger partial charge on any atom is 0.326 e. The number of ether oxygens (including phenoxy) is 2. The van der Waals surface area contributed by atoms with Gasteiger partial charge in [-0.2, -0.15) is 0 Å². The van der Waals surface area contributed by atoms with Crippen LogP contribution in [0.25, 0.3) is 0 Å². The van der Waals surface area contributed by atoms with Crippen molar-refractivity contribution in [2.45, 2.75) is 25.4 Å². The molecule has 0 radical (unpaired) electrons. The number of rotatable bonds is 7. The number of halogens is 1. The highest BCUT2D eigenvalue weighted by Gasteiger charge is 2.24. The molecule has 2 aromatic rings. The van der Waals surface area contributed by atoms with Crippen molar-refractivity contribution in [1.82, 2.24) is 10.2 Å². The molecule has 2 aromatic carbocycles. The molecule has 1 saturated heterocycles. The lowest BCUT2D eigenvalue weighted by atomic mass is 10.1. The van der Waals surface area contributed by atoms with Crippen LogP contribution in [-0.2, 0) is 16.0 Å². The second kappa shape index (κ2) is 11.2. The van der Waals surface area contributed by atoms with Crippen LogP contribution in [0.1, 0.15) is 22.8 Å². The molecule has 2 N–H and O–H groups in total. The molecular formula is C22H22ClN3O7S. The zero-order chi connectivity index (χ0) is 24.8. The third-order valence-electron chi connectivity index (χ3n) is 5.18. The van der Waals surface area contributed by atoms with Gasteiger partial charge in [0.25, 0.3) is 16.8 Å². The molecule has 34 heavy (non-hydrogen) atoms. The molecule has 0 aliphatic carbocycles. The first-order valence-electron chi connectivity index (χ1n) is 10.3. The average Bonchev–Trinajstić information content (AvgIpc) is 2.79. The van der Waals surface area contributed by atoms with Gasteiger partial charge in [-0.3, -0.25) is 14.9 Å². The zero-order valence-electron chi connectivity index (χ0n) is 18.1. The van der Waals surface area contributed by atoms with Crippen molar-refractivity contribution in [3.05, 3.63) is 68.7 Å². The van der Waals surface area contributed by atoms with E-state index in [-0.39, 0.29) is 28.7 Å². The number of carbonyl (C=O) groups excluding carboxylic acids is 1. The van der Waals surface area contributed by atoms with Gasteiger partial charge in [-0.25, -0.2) is 4.79 Å². The Balaban J connectivity index is 1.63. The van der Waals surface area contributed by atoms with Crippen molar-refractivity contribution in [1.29, 1.82) is 0 Å². The van der Waals surface area contributed by atoms with E-state index >= 15 is 0 Å². The summed E-state index contributed by atoms with van der Waals surface area (Å²) in [5.41, 5.74) is 0.301. The summed E-state index contributed by atoms with van der Waals surface area (Å²) in [6.45, 7) is 3.76. The Labute approximate surface area is 205 Å². The summed E-state index contributed by atoms with van der Waals surface area (Å²) in [7, 11) is 0. The lowest BCUT2D eigenvalue weighted by molar-refractivity contribution is -0.384. The molecule has 1 unspecified atom stereocenters. The Kier molecular flexibility index (Phi) is 8.37. The number of carboxylic acids is 1. The Morgan fingerprint density at radius 3 is 2.65 bits per heavy atom. The van der Waals surface area contributed by atoms with E-state index < -0.39 is 22.8 Å². The summed E-state index contributed by atoms with van der Waals surface area (Å²) in [6.07, 6.45) is -0.00308. The second-order valence-corrected chi connectivity index (χ2v) is 8.38. The van der Waals surface area contributed by atoms with E-state index in [1.807, 2.05) is 11.8 Å². The summed E-state index contributed by atoms with van der Waals surface area (Å²) in [4.78, 5) is 36.4. The van der Waals surface area contributed by atoms with E-state index in [0.29, 0.717) is 36.2 Å². The molecule has 0 saturated carbocycles. The van der Waals surface area contributed by atoms with E-state index in [4.69, 9.17) is 33.3 Å². The Bertz CT molecular complexity index is 1100. The smallest absolute Gasteiger partial charge is 0.326 e. The van der Waals surface area contributed by atoms with Gasteiger partial charge in [0.2, 0.25) is 0 Å². The predicted octanol–water partition coefficient (Wildman–Crippen LogP) is 3.06. The van der Waals surface area contributed by atoms with E-state index in [1.54, 1.807) is 24.3 Å². The number of benzene rings is 2. The van der Waals surface area contributed by atoms with E-state index in [0.717, 1.165) is 12.1 Å². The third-order valence-corrected chi connectivity index (χ3v) is 5.81. The maximum atomic E-state index is 12.5. The number of nitrogens with zero attached hydrogens (tertiary/aromatic N) is 2. The number of hydrogen-bond acceptors (Lipinski definition) is 7. The van der Waals surface area contributed by atoms with Gasteiger partial charge in [0, 0.05) is 25.1 Å². The highest BCUT2D eigenvalue weighted by molar-refractivity contribution is 7.80. The molecule has 2 atom stereocenters. The lowest BCUT2D eigenvalue weighted by Crippen LogP contribution is -2.48. The van der Waals surface area contributed by atoms with E-state index in [9.17, 15) is 24.8 Å². The molecule has 0 spiro atoms. The molecule has 1 amide bonds. The normalized spacial score (nSPS) is 16.4. The molecule has 180 valence electrons. The number of carboxylic acid groups (broad SMARTS) is 1. The largest absolute Gasteiger partial charge is 0.480 e. The van der Waals surface area contributed by atoms with Crippen molar-refractivity contribution in [2.75, 3.05) is 19.8 Å². The summed E-state index contributed by atoms with van der Waals surface area (Å²) in [6, 6.07) is 8.89. The molecule has 10 nitrogen and oxygen atoms in total. The monoisotopic (exact) mass is 507 g/mol. The molecule has 1 fully saturated rings. The third kappa shape index (κ3) is 6.40. The highest BCUT2D eigenvalue weighted by atomic mass is 35.5. The second-order valence-electron chi connectivity index (χ2n) is 7.62. The summed E-state index contributed by atoms with van der Waals surface area (Å²) < 4.78 is 11.1. The van der Waals surface area contributed by atoms with Crippen molar-refractivity contribution >= 4 is 46.6 Å². The fourth-order valence-electron chi connectivity index (χ4n) is 3.32. The first-order valence-corrected chi connectivity index (χ1v) is 11.1. The minimum absolute atomic E-state index is 0.00308. The fraction of sp³-hybridized carbons (Fsp3) is 0.318. The topological polar surface area (TPSA) is 131 Å². The van der Waals surface area contributed by atoms with Crippen LogP contribution in [0.4, 0.5) is 5.69 Å². The Morgan fingerprint density at radius 2 is 2.06 bits per heavy atom. The van der Waals surface area contributed by atoms with Crippen LogP contribution >= 0.6 is 23.8 Å². The molecule has 1 aliphatic rings. The van der Waals surface area contributed by atoms with Gasteiger partial charge < -0.3 is 24.8 Å². The van der Waals surface area contributed by atoms with Crippen LogP contribution in [-0.4, -0.2) is 63.8 Å². The number of nitrogens with one attached hydrogen (secondary N) is 1. The fourth-order valence-corrected chi connectivity index (χ4v) is 3.95. The van der Waals surface area contributed by atoms with Gasteiger partial charge in [0.1, 0.15) is 11.8 Å². The van der Waals surface area contributed by atoms with Gasteiger partial charge in [-0.15, -0.1) is 0 Å². The first-order chi connectivity index (χ1) is 16.2. The predicted molar refractivity (Wildman–Crippen MR) is 127 cm³/mol. The van der Waals surface area contributed by atoms with Crippen molar-refractivity contribution < 1.29 is 29.1 Å². The lowest BCUT2D eigenvalue weighted by Gasteiger charge is -2.34. The summed E-state index contributed by atoms with van der Waals surface area (Å²) in [5, 5.41) is 23.0. The van der Waals surface area contributed by atoms with Crippen LogP contribution in [0.5, 0.6) is 5.75 Å². The molecule has 3 rings (SSSR count). The van der Waals surface area contributed by atoms with Crippen LogP contribution in [0.2, 0.25) is 5.02 Å². The Hall–Kier alpha value is -3.28. The SMILES string of the molecule is CC1COCCN1C(=S)Oc1ccc(C[C@H](NC(=O)c2ccc([N+](=O)[O-])cc2Cl)C(=O)O)cc1. The number of thiocarbonyl (C=S) groups is 1. The van der Waals surface area contributed by atoms with Crippen LogP contribution in [0.3, 0.4) is 0 Å². The average molecular weight is 508 g/mol. The number of aliphatic carboxylic acids is 1. The minimum Gasteiger partial charge on any atom is -0.480 e. The molecule has 0 bridgehead atoms. The first kappa shape index (κ1) is 25.3. The van der Waals surface area contributed by atoms with E-state index in [1.165, 1.54) is 6.07 Å². The number of nitro groups is 1. The number of morpholine rings is 1. The molecular weight excluding hydrogens is 486 g/mol.